The third-order valence-electron chi connectivity index (χ3n) is 8.00. The van der Waals surface area contributed by atoms with Gasteiger partial charge in [0, 0.05) is 46.9 Å². The normalized spacial score (nSPS) is 13.6. The molecule has 1 aliphatic heterocycles. The van der Waals surface area contributed by atoms with Gasteiger partial charge in [0.1, 0.15) is 17.1 Å². The van der Waals surface area contributed by atoms with Gasteiger partial charge in [-0.2, -0.15) is 0 Å². The number of pyridine rings is 2. The predicted molar refractivity (Wildman–Crippen MR) is 172 cm³/mol. The molecule has 0 saturated carbocycles. The Bertz CT molecular complexity index is 2130. The van der Waals surface area contributed by atoms with Crippen LogP contribution in [0.3, 0.4) is 0 Å². The number of rotatable bonds is 4. The van der Waals surface area contributed by atoms with Gasteiger partial charge in [-0.25, -0.2) is 4.98 Å². The summed E-state index contributed by atoms with van der Waals surface area (Å²) in [6.45, 7) is 0. The number of aromatic nitrogens is 3. The van der Waals surface area contributed by atoms with Crippen LogP contribution in [0.25, 0.3) is 38.9 Å². The fourth-order valence-electron chi connectivity index (χ4n) is 5.97. The van der Waals surface area contributed by atoms with E-state index in [1.54, 1.807) is 6.20 Å². The van der Waals surface area contributed by atoms with Gasteiger partial charge in [-0.3, -0.25) is 14.0 Å². The highest BCUT2D eigenvalue weighted by molar-refractivity contribution is 7.99. The minimum absolute atomic E-state index is 0.697. The van der Waals surface area contributed by atoms with E-state index in [4.69, 9.17) is 9.72 Å². The van der Waals surface area contributed by atoms with Gasteiger partial charge in [0.05, 0.1) is 40.8 Å². The SMILES string of the molecule is C[N+]1(C)c2ccccc2Sc2cc3c(cc21)c1cccnc1n3-c1cccc(Oc2cccc(-c3ccccn3)c2)c1. The third kappa shape index (κ3) is 3.99. The molecule has 0 saturated heterocycles. The molecule has 0 N–H and O–H groups in total. The number of para-hydroxylation sites is 1. The van der Waals surface area contributed by atoms with Gasteiger partial charge < -0.3 is 4.74 Å². The molecule has 202 valence electrons. The molecule has 0 amide bonds. The molecule has 0 unspecified atom stereocenters. The van der Waals surface area contributed by atoms with Crippen molar-refractivity contribution in [2.24, 2.45) is 0 Å². The zero-order chi connectivity index (χ0) is 28.3. The Morgan fingerprint density at radius 2 is 1.45 bits per heavy atom. The summed E-state index contributed by atoms with van der Waals surface area (Å²) in [5.74, 6) is 1.52. The molecule has 1 aliphatic rings. The van der Waals surface area contributed by atoms with Crippen LogP contribution in [-0.2, 0) is 0 Å². The molecular formula is C36H27N4OS+. The van der Waals surface area contributed by atoms with E-state index in [1.165, 1.54) is 26.6 Å². The van der Waals surface area contributed by atoms with Crippen molar-refractivity contribution in [3.63, 3.8) is 0 Å². The highest BCUT2D eigenvalue weighted by Gasteiger charge is 2.35. The maximum atomic E-state index is 6.39. The first-order valence-corrected chi connectivity index (χ1v) is 14.7. The molecule has 7 aromatic rings. The van der Waals surface area contributed by atoms with Crippen LogP contribution in [0.5, 0.6) is 11.5 Å². The van der Waals surface area contributed by atoms with Crippen LogP contribution in [0.15, 0.2) is 137 Å². The summed E-state index contributed by atoms with van der Waals surface area (Å²) >= 11 is 1.84. The van der Waals surface area contributed by atoms with Crippen molar-refractivity contribution >= 4 is 45.1 Å². The second-order valence-corrected chi connectivity index (χ2v) is 12.0. The lowest BCUT2D eigenvalue weighted by Gasteiger charge is -2.35. The van der Waals surface area contributed by atoms with Crippen LogP contribution in [0, 0.1) is 0 Å². The van der Waals surface area contributed by atoms with E-state index in [1.807, 2.05) is 78.6 Å². The fraction of sp³-hybridized carbons (Fsp3) is 0.0556. The molecular weight excluding hydrogens is 536 g/mol. The second kappa shape index (κ2) is 9.58. The summed E-state index contributed by atoms with van der Waals surface area (Å²) in [7, 11) is 4.54. The minimum Gasteiger partial charge on any atom is -0.457 e. The van der Waals surface area contributed by atoms with Gasteiger partial charge in [-0.15, -0.1) is 0 Å². The number of ether oxygens (including phenoxy) is 1. The molecule has 42 heavy (non-hydrogen) atoms. The standard InChI is InChI=1S/C36H27N4OS/c1-40(2)32-16-3-4-17-34(32)42-35-23-31-29(22-33(35)40)28-14-9-19-38-36(28)39(31)25-11-8-13-27(21-25)41-26-12-7-10-24(20-26)30-15-5-6-18-37-30/h3-23H,1-2H3/q+1. The zero-order valence-corrected chi connectivity index (χ0v) is 24.0. The molecule has 0 fully saturated rings. The van der Waals surface area contributed by atoms with Gasteiger partial charge in [-0.05, 0) is 60.7 Å². The lowest BCUT2D eigenvalue weighted by atomic mass is 10.1. The molecule has 6 heteroatoms. The monoisotopic (exact) mass is 563 g/mol. The van der Waals surface area contributed by atoms with Crippen molar-refractivity contribution in [2.45, 2.75) is 9.79 Å². The number of fused-ring (bicyclic) bond motifs is 5. The smallest absolute Gasteiger partial charge is 0.152 e. The van der Waals surface area contributed by atoms with Crippen molar-refractivity contribution in [1.82, 2.24) is 19.0 Å². The molecule has 5 nitrogen and oxygen atoms in total. The van der Waals surface area contributed by atoms with Crippen LogP contribution in [0.4, 0.5) is 11.4 Å². The number of quaternary nitrogens is 1. The topological polar surface area (TPSA) is 39.9 Å². The van der Waals surface area contributed by atoms with Crippen molar-refractivity contribution in [3.05, 3.63) is 128 Å². The summed E-state index contributed by atoms with van der Waals surface area (Å²) in [5, 5.41) is 2.32. The molecule has 8 rings (SSSR count). The largest absolute Gasteiger partial charge is 0.457 e. The molecule has 0 atom stereocenters. The number of hydrogen-bond acceptors (Lipinski definition) is 4. The maximum absolute atomic E-state index is 6.39. The van der Waals surface area contributed by atoms with E-state index in [0.717, 1.165) is 45.0 Å². The number of hydrogen-bond donors (Lipinski definition) is 0. The van der Waals surface area contributed by atoms with Gasteiger partial charge >= 0.3 is 0 Å². The van der Waals surface area contributed by atoms with Crippen LogP contribution >= 0.6 is 11.8 Å². The second-order valence-electron chi connectivity index (χ2n) is 10.9. The average molecular weight is 564 g/mol. The van der Waals surface area contributed by atoms with Gasteiger partial charge in [-0.1, -0.05) is 48.2 Å². The molecule has 0 bridgehead atoms. The quantitative estimate of drug-likeness (QED) is 0.200. The van der Waals surface area contributed by atoms with E-state index in [0.29, 0.717) is 4.48 Å². The lowest BCUT2D eigenvalue weighted by Crippen LogP contribution is -2.36. The Morgan fingerprint density at radius 3 is 2.33 bits per heavy atom. The summed E-state index contributed by atoms with van der Waals surface area (Å²) in [6.07, 6.45) is 3.67. The molecule has 0 aliphatic carbocycles. The Kier molecular flexibility index (Phi) is 5.67. The summed E-state index contributed by atoms with van der Waals surface area (Å²) in [4.78, 5) is 11.9. The summed E-state index contributed by atoms with van der Waals surface area (Å²) < 4.78 is 9.34. The van der Waals surface area contributed by atoms with Crippen molar-refractivity contribution in [2.75, 3.05) is 14.1 Å². The Hall–Kier alpha value is -4.91. The van der Waals surface area contributed by atoms with Crippen LogP contribution < -0.4 is 9.22 Å². The van der Waals surface area contributed by atoms with Crippen molar-refractivity contribution < 1.29 is 4.74 Å². The fourth-order valence-corrected chi connectivity index (χ4v) is 7.31. The van der Waals surface area contributed by atoms with Crippen molar-refractivity contribution in [1.29, 1.82) is 0 Å². The predicted octanol–water partition coefficient (Wildman–Crippen LogP) is 9.40. The molecule has 4 aromatic carbocycles. The average Bonchev–Trinajstić information content (AvgIpc) is 3.34. The van der Waals surface area contributed by atoms with Crippen molar-refractivity contribution in [3.8, 4) is 28.4 Å². The Labute approximate surface area is 248 Å². The van der Waals surface area contributed by atoms with Gasteiger partial charge in [0.15, 0.2) is 11.4 Å². The van der Waals surface area contributed by atoms with Crippen LogP contribution in [-0.4, -0.2) is 28.6 Å². The number of benzene rings is 4. The number of nitrogens with zero attached hydrogens (tertiary/aromatic N) is 4. The maximum Gasteiger partial charge on any atom is 0.152 e. The first kappa shape index (κ1) is 24.9. The Balaban J connectivity index is 1.25. The molecule has 0 spiro atoms. The third-order valence-corrected chi connectivity index (χ3v) is 9.11. The summed E-state index contributed by atoms with van der Waals surface area (Å²) in [5.41, 5.74) is 7.59. The first-order chi connectivity index (χ1) is 20.6. The van der Waals surface area contributed by atoms with E-state index in [9.17, 15) is 0 Å². The first-order valence-electron chi connectivity index (χ1n) is 13.9. The van der Waals surface area contributed by atoms with Gasteiger partial charge in [0.25, 0.3) is 0 Å². The van der Waals surface area contributed by atoms with E-state index < -0.39 is 0 Å². The van der Waals surface area contributed by atoms with Gasteiger partial charge in [0.2, 0.25) is 0 Å². The summed E-state index contributed by atoms with van der Waals surface area (Å²) in [6, 6.07) is 39.8. The zero-order valence-electron chi connectivity index (χ0n) is 23.2. The highest BCUT2D eigenvalue weighted by atomic mass is 32.2. The van der Waals surface area contributed by atoms with Crippen LogP contribution in [0.1, 0.15) is 0 Å². The lowest BCUT2D eigenvalue weighted by molar-refractivity contribution is 0.482. The molecule has 0 radical (unpaired) electrons. The van der Waals surface area contributed by atoms with E-state index in [-0.39, 0.29) is 0 Å². The highest BCUT2D eigenvalue weighted by Crippen LogP contribution is 2.52. The van der Waals surface area contributed by atoms with E-state index >= 15 is 0 Å². The molecule has 4 heterocycles. The molecule has 3 aromatic heterocycles. The van der Waals surface area contributed by atoms with Crippen LogP contribution in [0.2, 0.25) is 0 Å². The minimum atomic E-state index is 0.697. The Morgan fingerprint density at radius 1 is 0.643 bits per heavy atom. The van der Waals surface area contributed by atoms with E-state index in [2.05, 4.69) is 78.2 Å².